The van der Waals surface area contributed by atoms with Crippen LogP contribution in [-0.2, 0) is 10.0 Å². The molecular formula is C8H8BrNO3S. The number of nitrogens with one attached hydrogen (secondary N) is 1. The lowest BCUT2D eigenvalue weighted by Gasteiger charge is -2.05. The van der Waals surface area contributed by atoms with Gasteiger partial charge in [0, 0.05) is 4.47 Å². The van der Waals surface area contributed by atoms with Crippen LogP contribution >= 0.6 is 15.9 Å². The van der Waals surface area contributed by atoms with Crippen LogP contribution in [0.1, 0.15) is 11.6 Å². The van der Waals surface area contributed by atoms with Crippen molar-refractivity contribution in [3.05, 3.63) is 28.2 Å². The van der Waals surface area contributed by atoms with Gasteiger partial charge in [-0.2, -0.15) is 0 Å². The summed E-state index contributed by atoms with van der Waals surface area (Å²) in [6.45, 7) is -0.233. The zero-order valence-electron chi connectivity index (χ0n) is 7.07. The molecule has 0 saturated heterocycles. The number of hydrogen-bond donors (Lipinski definition) is 2. The van der Waals surface area contributed by atoms with E-state index in [1.165, 1.54) is 6.07 Å². The quantitative estimate of drug-likeness (QED) is 0.797. The average Bonchev–Trinajstić information content (AvgIpc) is 2.37. The third kappa shape index (κ3) is 1.48. The summed E-state index contributed by atoms with van der Waals surface area (Å²) in [6, 6.07) is 4.37. The van der Waals surface area contributed by atoms with E-state index in [1.807, 2.05) is 0 Å². The normalized spacial score (nSPS) is 23.4. The van der Waals surface area contributed by atoms with E-state index in [9.17, 15) is 8.42 Å². The van der Waals surface area contributed by atoms with Crippen LogP contribution < -0.4 is 4.72 Å². The molecule has 1 aromatic carbocycles. The lowest BCUT2D eigenvalue weighted by Crippen LogP contribution is -2.22. The van der Waals surface area contributed by atoms with E-state index in [0.29, 0.717) is 5.56 Å². The first-order valence-electron chi connectivity index (χ1n) is 3.97. The van der Waals surface area contributed by atoms with Gasteiger partial charge in [-0.25, -0.2) is 13.1 Å². The van der Waals surface area contributed by atoms with Gasteiger partial charge in [0.2, 0.25) is 10.0 Å². The number of hydrogen-bond acceptors (Lipinski definition) is 3. The van der Waals surface area contributed by atoms with E-state index in [4.69, 9.17) is 5.11 Å². The molecule has 2 N–H and O–H groups in total. The Morgan fingerprint density at radius 3 is 2.86 bits per heavy atom. The van der Waals surface area contributed by atoms with Gasteiger partial charge in [-0.1, -0.05) is 15.9 Å². The summed E-state index contributed by atoms with van der Waals surface area (Å²) in [6.07, 6.45) is 0. The van der Waals surface area contributed by atoms with Crippen LogP contribution in [0.3, 0.4) is 0 Å². The van der Waals surface area contributed by atoms with Crippen molar-refractivity contribution in [2.45, 2.75) is 10.9 Å². The first-order valence-corrected chi connectivity index (χ1v) is 6.25. The van der Waals surface area contributed by atoms with Gasteiger partial charge in [-0.05, 0) is 23.8 Å². The molecule has 1 heterocycles. The van der Waals surface area contributed by atoms with Crippen molar-refractivity contribution in [3.63, 3.8) is 0 Å². The molecule has 14 heavy (non-hydrogen) atoms. The maximum atomic E-state index is 11.5. The van der Waals surface area contributed by atoms with Gasteiger partial charge in [0.1, 0.15) is 0 Å². The zero-order chi connectivity index (χ0) is 10.3. The molecule has 2 rings (SSSR count). The van der Waals surface area contributed by atoms with Crippen LogP contribution in [0.4, 0.5) is 0 Å². The minimum Gasteiger partial charge on any atom is -0.394 e. The number of aliphatic hydroxyl groups is 1. The first kappa shape index (κ1) is 10.1. The molecule has 1 aliphatic heterocycles. The highest BCUT2D eigenvalue weighted by atomic mass is 79.9. The van der Waals surface area contributed by atoms with Crippen molar-refractivity contribution >= 4 is 26.0 Å². The molecule has 76 valence electrons. The second kappa shape index (κ2) is 3.30. The summed E-state index contributed by atoms with van der Waals surface area (Å²) in [7, 11) is -3.41. The molecular weight excluding hydrogens is 270 g/mol. The third-order valence-electron chi connectivity index (χ3n) is 2.12. The van der Waals surface area contributed by atoms with E-state index in [0.717, 1.165) is 4.47 Å². The van der Waals surface area contributed by atoms with Crippen LogP contribution in [0.25, 0.3) is 0 Å². The van der Waals surface area contributed by atoms with Crippen LogP contribution in [0, 0.1) is 0 Å². The number of benzene rings is 1. The fourth-order valence-corrected chi connectivity index (χ4v) is 3.33. The Bertz CT molecular complexity index is 471. The summed E-state index contributed by atoms with van der Waals surface area (Å²) in [5.41, 5.74) is 0.613. The molecule has 1 unspecified atom stereocenters. The lowest BCUT2D eigenvalue weighted by molar-refractivity contribution is 0.261. The van der Waals surface area contributed by atoms with E-state index in [1.54, 1.807) is 12.1 Å². The number of aliphatic hydroxyl groups excluding tert-OH is 1. The Kier molecular flexibility index (Phi) is 2.38. The predicted octanol–water partition coefficient (Wildman–Crippen LogP) is 0.774. The molecule has 4 nitrogen and oxygen atoms in total. The highest BCUT2D eigenvalue weighted by Gasteiger charge is 2.33. The Labute approximate surface area is 90.1 Å². The van der Waals surface area contributed by atoms with Crippen LogP contribution in [0.15, 0.2) is 27.6 Å². The van der Waals surface area contributed by atoms with Gasteiger partial charge in [0.15, 0.2) is 0 Å². The molecule has 1 atom stereocenters. The van der Waals surface area contributed by atoms with Crippen molar-refractivity contribution in [3.8, 4) is 0 Å². The number of fused-ring (bicyclic) bond motifs is 1. The Morgan fingerprint density at radius 2 is 2.21 bits per heavy atom. The van der Waals surface area contributed by atoms with Crippen LogP contribution in [0.2, 0.25) is 0 Å². The van der Waals surface area contributed by atoms with Crippen LogP contribution in [-0.4, -0.2) is 20.1 Å². The molecule has 0 aromatic heterocycles. The fourth-order valence-electron chi connectivity index (χ4n) is 1.49. The zero-order valence-corrected chi connectivity index (χ0v) is 9.47. The molecule has 1 aromatic rings. The molecule has 0 saturated carbocycles. The van der Waals surface area contributed by atoms with E-state index in [-0.39, 0.29) is 11.5 Å². The van der Waals surface area contributed by atoms with Gasteiger partial charge in [0.05, 0.1) is 17.5 Å². The lowest BCUT2D eigenvalue weighted by atomic mass is 10.1. The van der Waals surface area contributed by atoms with Gasteiger partial charge in [-0.15, -0.1) is 0 Å². The maximum Gasteiger partial charge on any atom is 0.241 e. The predicted molar refractivity (Wildman–Crippen MR) is 54.3 cm³/mol. The smallest absolute Gasteiger partial charge is 0.241 e. The van der Waals surface area contributed by atoms with Gasteiger partial charge in [-0.3, -0.25) is 0 Å². The van der Waals surface area contributed by atoms with Crippen molar-refractivity contribution in [1.82, 2.24) is 4.72 Å². The minimum absolute atomic E-state index is 0.233. The van der Waals surface area contributed by atoms with Crippen molar-refractivity contribution in [1.29, 1.82) is 0 Å². The topological polar surface area (TPSA) is 66.4 Å². The average molecular weight is 278 g/mol. The summed E-state index contributed by atoms with van der Waals surface area (Å²) in [5, 5.41) is 8.99. The molecule has 0 fully saturated rings. The van der Waals surface area contributed by atoms with Gasteiger partial charge < -0.3 is 5.11 Å². The Morgan fingerprint density at radius 1 is 1.50 bits per heavy atom. The van der Waals surface area contributed by atoms with Crippen molar-refractivity contribution in [2.24, 2.45) is 0 Å². The fraction of sp³-hybridized carbons (Fsp3) is 0.250. The molecule has 6 heteroatoms. The first-order chi connectivity index (χ1) is 6.54. The SMILES string of the molecule is O=S1(=O)NC(CO)c2cc(Br)ccc21. The molecule has 0 spiro atoms. The Hall–Kier alpha value is -0.430. The van der Waals surface area contributed by atoms with Crippen molar-refractivity contribution in [2.75, 3.05) is 6.61 Å². The molecule has 0 radical (unpaired) electrons. The van der Waals surface area contributed by atoms with Crippen molar-refractivity contribution < 1.29 is 13.5 Å². The van der Waals surface area contributed by atoms with Gasteiger partial charge >= 0.3 is 0 Å². The second-order valence-electron chi connectivity index (χ2n) is 3.04. The second-order valence-corrected chi connectivity index (χ2v) is 5.64. The third-order valence-corrected chi connectivity index (χ3v) is 4.16. The summed E-state index contributed by atoms with van der Waals surface area (Å²) < 4.78 is 26.2. The molecule has 0 bridgehead atoms. The largest absolute Gasteiger partial charge is 0.394 e. The van der Waals surface area contributed by atoms with E-state index >= 15 is 0 Å². The van der Waals surface area contributed by atoms with Crippen LogP contribution in [0.5, 0.6) is 0 Å². The number of rotatable bonds is 1. The highest BCUT2D eigenvalue weighted by Crippen LogP contribution is 2.32. The molecule has 0 aliphatic carbocycles. The standard InChI is InChI=1S/C8H8BrNO3S/c9-5-1-2-8-6(3-5)7(4-11)10-14(8,12)13/h1-3,7,10-11H,4H2. The summed E-state index contributed by atoms with van der Waals surface area (Å²) in [5.74, 6) is 0. The summed E-state index contributed by atoms with van der Waals surface area (Å²) in [4.78, 5) is 0.250. The minimum atomic E-state index is -3.41. The number of halogens is 1. The molecule has 1 aliphatic rings. The highest BCUT2D eigenvalue weighted by molar-refractivity contribution is 9.10. The van der Waals surface area contributed by atoms with Gasteiger partial charge in [0.25, 0.3) is 0 Å². The molecule has 0 amide bonds. The summed E-state index contributed by atoms with van der Waals surface area (Å²) >= 11 is 3.25. The monoisotopic (exact) mass is 277 g/mol. The number of sulfonamides is 1. The Balaban J connectivity index is 2.65. The van der Waals surface area contributed by atoms with E-state index in [2.05, 4.69) is 20.7 Å². The van der Waals surface area contributed by atoms with E-state index < -0.39 is 16.1 Å². The maximum absolute atomic E-state index is 11.5.